The Balaban J connectivity index is 1.61. The summed E-state index contributed by atoms with van der Waals surface area (Å²) in [5, 5.41) is 13.4. The minimum absolute atomic E-state index is 0.133. The van der Waals surface area contributed by atoms with Gasteiger partial charge < -0.3 is 10.6 Å². The topological polar surface area (TPSA) is 96.0 Å². The number of nitrogens with one attached hydrogen (secondary N) is 3. The van der Waals surface area contributed by atoms with Crippen LogP contribution in [0, 0.1) is 0 Å². The molecule has 0 bridgehead atoms. The van der Waals surface area contributed by atoms with Crippen LogP contribution in [0.1, 0.15) is 36.3 Å². The van der Waals surface area contributed by atoms with Crippen LogP contribution in [0.2, 0.25) is 0 Å². The molecule has 0 radical (unpaired) electrons. The summed E-state index contributed by atoms with van der Waals surface area (Å²) in [6.07, 6.45) is 2.12. The number of aromatic nitrogens is 2. The minimum Gasteiger partial charge on any atom is -0.349 e. The van der Waals surface area contributed by atoms with Crippen molar-refractivity contribution in [2.45, 2.75) is 50.4 Å². The molecule has 1 aliphatic rings. The van der Waals surface area contributed by atoms with E-state index in [1.54, 1.807) is 6.08 Å². The first-order chi connectivity index (χ1) is 15.3. The van der Waals surface area contributed by atoms with E-state index in [2.05, 4.69) is 26.1 Å². The van der Waals surface area contributed by atoms with Crippen LogP contribution in [0.4, 0.5) is 18.3 Å². The van der Waals surface area contributed by atoms with Gasteiger partial charge in [0.05, 0.1) is 6.04 Å². The number of nitrogens with zero attached hydrogens (tertiary/aromatic N) is 2. The number of halogens is 3. The predicted molar refractivity (Wildman–Crippen MR) is 115 cm³/mol. The summed E-state index contributed by atoms with van der Waals surface area (Å²) >= 11 is 0.248. The highest BCUT2D eigenvalue weighted by Crippen LogP contribution is 2.32. The Hall–Kier alpha value is -2.79. The van der Waals surface area contributed by atoms with Crippen molar-refractivity contribution in [3.63, 3.8) is 0 Å². The molecule has 1 aromatic carbocycles. The third-order valence-corrected chi connectivity index (χ3v) is 5.80. The molecule has 2 amide bonds. The van der Waals surface area contributed by atoms with Gasteiger partial charge in [0.1, 0.15) is 0 Å². The molecule has 3 N–H and O–H groups in total. The van der Waals surface area contributed by atoms with Gasteiger partial charge in [0.15, 0.2) is 0 Å². The van der Waals surface area contributed by atoms with Crippen LogP contribution < -0.4 is 16.0 Å². The smallest absolute Gasteiger partial charge is 0.349 e. The fourth-order valence-electron chi connectivity index (χ4n) is 3.28. The SMILES string of the molecule is O=C(C=C[C@H](CCc1ccccc1)NC(=O)[C@@H]1CCCCN1)Nc1nnc(C(F)(F)F)s1. The fraction of sp³-hybridized carbons (Fsp3) is 0.429. The molecule has 0 spiro atoms. The van der Waals surface area contributed by atoms with Crippen LogP contribution in [0.3, 0.4) is 0 Å². The van der Waals surface area contributed by atoms with Gasteiger partial charge in [0.25, 0.3) is 0 Å². The van der Waals surface area contributed by atoms with Crippen LogP contribution in [0.5, 0.6) is 0 Å². The van der Waals surface area contributed by atoms with Crippen LogP contribution in [-0.4, -0.2) is 40.6 Å². The zero-order chi connectivity index (χ0) is 23.0. The molecular formula is C21H24F3N5O2S. The number of rotatable bonds is 8. The van der Waals surface area contributed by atoms with Crippen LogP contribution in [0.15, 0.2) is 42.5 Å². The average Bonchev–Trinajstić information content (AvgIpc) is 3.26. The van der Waals surface area contributed by atoms with Gasteiger partial charge in [0, 0.05) is 12.1 Å². The van der Waals surface area contributed by atoms with E-state index in [0.717, 1.165) is 31.4 Å². The second kappa shape index (κ2) is 11.2. The van der Waals surface area contributed by atoms with Crippen molar-refractivity contribution in [1.82, 2.24) is 20.8 Å². The zero-order valence-corrected chi connectivity index (χ0v) is 18.0. The molecule has 1 saturated heterocycles. The number of anilines is 1. The Labute approximate surface area is 187 Å². The van der Waals surface area contributed by atoms with Gasteiger partial charge in [-0.05, 0) is 37.8 Å². The normalized spacial score (nSPS) is 17.8. The summed E-state index contributed by atoms with van der Waals surface area (Å²) in [6, 6.07) is 9.03. The third-order valence-electron chi connectivity index (χ3n) is 4.92. The number of carbonyl (C=O) groups is 2. The first-order valence-electron chi connectivity index (χ1n) is 10.3. The number of carbonyl (C=O) groups excluding carboxylic acids is 2. The van der Waals surface area contributed by atoms with Crippen molar-refractivity contribution in [3.05, 3.63) is 53.1 Å². The van der Waals surface area contributed by atoms with Crippen LogP contribution in [0.25, 0.3) is 0 Å². The maximum Gasteiger partial charge on any atom is 0.445 e. The molecular weight excluding hydrogens is 443 g/mol. The Morgan fingerprint density at radius 1 is 1.22 bits per heavy atom. The molecule has 0 saturated carbocycles. The van der Waals surface area contributed by atoms with Crippen LogP contribution in [-0.2, 0) is 22.2 Å². The molecule has 7 nitrogen and oxygen atoms in total. The number of hydrogen-bond donors (Lipinski definition) is 3. The molecule has 3 rings (SSSR count). The predicted octanol–water partition coefficient (Wildman–Crippen LogP) is 3.31. The molecule has 2 atom stereocenters. The van der Waals surface area contributed by atoms with E-state index < -0.39 is 23.1 Å². The molecule has 0 aliphatic carbocycles. The Morgan fingerprint density at radius 3 is 2.66 bits per heavy atom. The maximum atomic E-state index is 12.6. The molecule has 1 aliphatic heterocycles. The minimum atomic E-state index is -4.61. The lowest BCUT2D eigenvalue weighted by atomic mass is 10.0. The molecule has 11 heteroatoms. The van der Waals surface area contributed by atoms with Gasteiger partial charge in [-0.25, -0.2) is 0 Å². The van der Waals surface area contributed by atoms with Crippen molar-refractivity contribution in [3.8, 4) is 0 Å². The summed E-state index contributed by atoms with van der Waals surface area (Å²) in [7, 11) is 0. The molecule has 32 heavy (non-hydrogen) atoms. The maximum absolute atomic E-state index is 12.6. The van der Waals surface area contributed by atoms with Gasteiger partial charge in [0.2, 0.25) is 22.0 Å². The molecule has 1 aromatic heterocycles. The van der Waals surface area contributed by atoms with E-state index in [1.807, 2.05) is 30.3 Å². The quantitative estimate of drug-likeness (QED) is 0.518. The molecule has 172 valence electrons. The molecule has 0 unspecified atom stereocenters. The highest BCUT2D eigenvalue weighted by Gasteiger charge is 2.35. The summed E-state index contributed by atoms with van der Waals surface area (Å²) < 4.78 is 37.9. The number of hydrogen-bond acceptors (Lipinski definition) is 6. The largest absolute Gasteiger partial charge is 0.445 e. The Kier molecular flexibility index (Phi) is 8.34. The number of piperidine rings is 1. The van der Waals surface area contributed by atoms with Gasteiger partial charge in [-0.2, -0.15) is 13.2 Å². The zero-order valence-electron chi connectivity index (χ0n) is 17.2. The Morgan fingerprint density at radius 2 is 2.00 bits per heavy atom. The van der Waals surface area contributed by atoms with Gasteiger partial charge in [-0.15, -0.1) is 10.2 Å². The van der Waals surface area contributed by atoms with Gasteiger partial charge in [-0.3, -0.25) is 14.9 Å². The number of alkyl halides is 3. The highest BCUT2D eigenvalue weighted by molar-refractivity contribution is 7.15. The molecule has 1 fully saturated rings. The highest BCUT2D eigenvalue weighted by atomic mass is 32.1. The average molecular weight is 468 g/mol. The number of aryl methyl sites for hydroxylation is 1. The summed E-state index contributed by atoms with van der Waals surface area (Å²) in [5.74, 6) is -0.781. The van der Waals surface area contributed by atoms with E-state index in [-0.39, 0.29) is 28.4 Å². The van der Waals surface area contributed by atoms with E-state index in [4.69, 9.17) is 0 Å². The van der Waals surface area contributed by atoms with Crippen molar-refractivity contribution in [2.75, 3.05) is 11.9 Å². The second-order valence-corrected chi connectivity index (χ2v) is 8.38. The van der Waals surface area contributed by atoms with E-state index in [0.29, 0.717) is 12.8 Å². The van der Waals surface area contributed by atoms with Crippen molar-refractivity contribution >= 4 is 28.3 Å². The molecule has 2 aromatic rings. The fourth-order valence-corrected chi connectivity index (χ4v) is 3.89. The van der Waals surface area contributed by atoms with Crippen molar-refractivity contribution in [2.24, 2.45) is 0 Å². The van der Waals surface area contributed by atoms with E-state index >= 15 is 0 Å². The third kappa shape index (κ3) is 7.41. The lowest BCUT2D eigenvalue weighted by Gasteiger charge is -2.25. The lowest BCUT2D eigenvalue weighted by Crippen LogP contribution is -2.49. The standard InChI is InChI=1S/C21H24F3N5O2S/c22-21(23,24)19-28-29-20(32-19)27-17(30)12-11-15(10-9-14-6-2-1-3-7-14)26-18(31)16-8-4-5-13-25-16/h1-3,6-7,11-12,15-16,25H,4-5,8-10,13H2,(H,26,31)(H,27,29,30)/t15-,16-/m0/s1. The van der Waals surface area contributed by atoms with Crippen molar-refractivity contribution < 1.29 is 22.8 Å². The Bertz CT molecular complexity index is 927. The second-order valence-electron chi connectivity index (χ2n) is 7.40. The summed E-state index contributed by atoms with van der Waals surface area (Å²) in [4.78, 5) is 24.8. The number of benzene rings is 1. The van der Waals surface area contributed by atoms with Gasteiger partial charge in [-0.1, -0.05) is 54.2 Å². The molecule has 2 heterocycles. The first kappa shape index (κ1) is 23.9. The van der Waals surface area contributed by atoms with E-state index in [1.165, 1.54) is 6.08 Å². The lowest BCUT2D eigenvalue weighted by molar-refractivity contribution is -0.138. The van der Waals surface area contributed by atoms with Crippen molar-refractivity contribution in [1.29, 1.82) is 0 Å². The number of amides is 2. The van der Waals surface area contributed by atoms with Gasteiger partial charge >= 0.3 is 6.18 Å². The first-order valence-corrected chi connectivity index (χ1v) is 11.1. The van der Waals surface area contributed by atoms with E-state index in [9.17, 15) is 22.8 Å². The monoisotopic (exact) mass is 467 g/mol. The summed E-state index contributed by atoms with van der Waals surface area (Å²) in [5.41, 5.74) is 1.09. The van der Waals surface area contributed by atoms with Crippen LogP contribution >= 0.6 is 11.3 Å². The summed E-state index contributed by atoms with van der Waals surface area (Å²) in [6.45, 7) is 0.785.